The Morgan fingerprint density at radius 3 is 2.32 bits per heavy atom. The van der Waals surface area contributed by atoms with Crippen LogP contribution >= 0.6 is 0 Å². The normalized spacial score (nSPS) is 15.1. The van der Waals surface area contributed by atoms with Crippen LogP contribution in [0, 0.1) is 13.8 Å². The zero-order valence-corrected chi connectivity index (χ0v) is 23.4. The number of rotatable bonds is 11. The molecule has 0 bridgehead atoms. The Balaban J connectivity index is 1.88. The number of carbonyl (C=O) groups excluding carboxylic acids is 2. The van der Waals surface area contributed by atoms with E-state index < -0.39 is 16.1 Å². The molecule has 1 aliphatic rings. The van der Waals surface area contributed by atoms with E-state index >= 15 is 0 Å². The number of sulfonamides is 1. The van der Waals surface area contributed by atoms with Gasteiger partial charge in [-0.25, -0.2) is 8.42 Å². The van der Waals surface area contributed by atoms with Gasteiger partial charge < -0.3 is 10.2 Å². The molecule has 37 heavy (non-hydrogen) atoms. The minimum absolute atomic E-state index is 0.129. The van der Waals surface area contributed by atoms with Crippen molar-refractivity contribution in [3.63, 3.8) is 0 Å². The van der Waals surface area contributed by atoms with E-state index in [0.29, 0.717) is 25.1 Å². The fraction of sp³-hybridized carbons (Fsp3) is 0.517. The molecule has 2 amide bonds. The molecule has 7 nitrogen and oxygen atoms in total. The average Bonchev–Trinajstić information content (AvgIpc) is 2.87. The first-order valence-corrected chi connectivity index (χ1v) is 15.1. The summed E-state index contributed by atoms with van der Waals surface area (Å²) in [6, 6.07) is 14.8. The van der Waals surface area contributed by atoms with Crippen molar-refractivity contribution < 1.29 is 18.0 Å². The molecule has 1 atom stereocenters. The summed E-state index contributed by atoms with van der Waals surface area (Å²) in [6.07, 6.45) is 7.41. The Bertz CT molecular complexity index is 1160. The van der Waals surface area contributed by atoms with E-state index in [1.54, 1.807) is 11.0 Å². The predicted molar refractivity (Wildman–Crippen MR) is 149 cm³/mol. The van der Waals surface area contributed by atoms with Crippen LogP contribution in [0.1, 0.15) is 62.1 Å². The first kappa shape index (κ1) is 28.7. The molecular weight excluding hydrogens is 486 g/mol. The highest BCUT2D eigenvalue weighted by atomic mass is 32.2. The first-order chi connectivity index (χ1) is 17.6. The van der Waals surface area contributed by atoms with E-state index in [4.69, 9.17) is 0 Å². The van der Waals surface area contributed by atoms with Gasteiger partial charge in [0.2, 0.25) is 21.8 Å². The van der Waals surface area contributed by atoms with Gasteiger partial charge in [-0.15, -0.1) is 0 Å². The van der Waals surface area contributed by atoms with Crippen molar-refractivity contribution >= 4 is 27.5 Å². The topological polar surface area (TPSA) is 86.8 Å². The second-order valence-electron chi connectivity index (χ2n) is 10.1. The summed E-state index contributed by atoms with van der Waals surface area (Å²) in [4.78, 5) is 28.8. The Morgan fingerprint density at radius 2 is 1.70 bits per heavy atom. The number of nitrogens with one attached hydrogen (secondary N) is 1. The van der Waals surface area contributed by atoms with Crippen LogP contribution in [0.25, 0.3) is 0 Å². The summed E-state index contributed by atoms with van der Waals surface area (Å²) in [6.45, 7) is 5.58. The zero-order chi connectivity index (χ0) is 27.0. The lowest BCUT2D eigenvalue weighted by atomic mass is 9.95. The molecule has 0 radical (unpaired) electrons. The van der Waals surface area contributed by atoms with Crippen LogP contribution in [0.2, 0.25) is 0 Å². The maximum atomic E-state index is 13.8. The minimum Gasteiger partial charge on any atom is -0.352 e. The molecule has 0 spiro atoms. The quantitative estimate of drug-likeness (QED) is 0.470. The SMILES string of the molecule is CCC(C(=O)NC1CCCCC1)N(CCc1ccccc1)C(=O)CN(c1cc(C)ccc1C)S(C)(=O)=O. The Morgan fingerprint density at radius 1 is 1.03 bits per heavy atom. The van der Waals surface area contributed by atoms with Crippen molar-refractivity contribution in [3.05, 3.63) is 65.2 Å². The monoisotopic (exact) mass is 527 g/mol. The van der Waals surface area contributed by atoms with Crippen LogP contribution in [0.3, 0.4) is 0 Å². The van der Waals surface area contributed by atoms with E-state index in [1.807, 2.05) is 63.2 Å². The number of amides is 2. The van der Waals surface area contributed by atoms with Gasteiger partial charge in [0.05, 0.1) is 11.9 Å². The maximum Gasteiger partial charge on any atom is 0.244 e. The summed E-state index contributed by atoms with van der Waals surface area (Å²) in [7, 11) is -3.74. The van der Waals surface area contributed by atoms with Crippen LogP contribution in [-0.4, -0.2) is 56.6 Å². The molecule has 1 N–H and O–H groups in total. The molecule has 2 aromatic rings. The number of anilines is 1. The smallest absolute Gasteiger partial charge is 0.244 e. The van der Waals surface area contributed by atoms with E-state index in [-0.39, 0.29) is 24.4 Å². The zero-order valence-electron chi connectivity index (χ0n) is 22.6. The Kier molecular flexibility index (Phi) is 10.1. The van der Waals surface area contributed by atoms with Gasteiger partial charge in [0, 0.05) is 12.6 Å². The molecule has 0 heterocycles. The first-order valence-electron chi connectivity index (χ1n) is 13.3. The van der Waals surface area contributed by atoms with Gasteiger partial charge in [0.25, 0.3) is 0 Å². The predicted octanol–water partition coefficient (Wildman–Crippen LogP) is 4.37. The van der Waals surface area contributed by atoms with Crippen molar-refractivity contribution in [1.29, 1.82) is 0 Å². The number of benzene rings is 2. The summed E-state index contributed by atoms with van der Waals surface area (Å²) < 4.78 is 26.9. The molecule has 1 fully saturated rings. The van der Waals surface area contributed by atoms with Crippen molar-refractivity contribution in [2.75, 3.05) is 23.7 Å². The maximum absolute atomic E-state index is 13.8. The highest BCUT2D eigenvalue weighted by molar-refractivity contribution is 7.92. The number of carbonyl (C=O) groups is 2. The molecule has 0 aromatic heterocycles. The standard InChI is InChI=1S/C29H41N3O4S/c1-5-26(29(34)30-25-14-10-7-11-15-25)31(19-18-24-12-8-6-9-13-24)28(33)21-32(37(4,35)36)27-20-22(2)16-17-23(27)3/h6,8-9,12-13,16-17,20,25-26H,5,7,10-11,14-15,18-19,21H2,1-4H3,(H,30,34). The number of aryl methyl sites for hydroxylation is 2. The third kappa shape index (κ3) is 8.06. The van der Waals surface area contributed by atoms with Crippen LogP contribution in [0.4, 0.5) is 5.69 Å². The van der Waals surface area contributed by atoms with Gasteiger partial charge in [-0.1, -0.05) is 68.7 Å². The molecule has 1 unspecified atom stereocenters. The second-order valence-corrected chi connectivity index (χ2v) is 12.1. The number of hydrogen-bond donors (Lipinski definition) is 1. The number of nitrogens with zero attached hydrogens (tertiary/aromatic N) is 2. The lowest BCUT2D eigenvalue weighted by Crippen LogP contribution is -2.54. The summed E-state index contributed by atoms with van der Waals surface area (Å²) in [5, 5.41) is 3.17. The van der Waals surface area contributed by atoms with Gasteiger partial charge in [0.15, 0.2) is 0 Å². The van der Waals surface area contributed by atoms with Crippen molar-refractivity contribution in [2.45, 2.75) is 77.8 Å². The fourth-order valence-electron chi connectivity index (χ4n) is 5.02. The van der Waals surface area contributed by atoms with Crippen molar-refractivity contribution in [3.8, 4) is 0 Å². The number of hydrogen-bond acceptors (Lipinski definition) is 4. The molecule has 0 aliphatic heterocycles. The summed E-state index contributed by atoms with van der Waals surface area (Å²) in [5.41, 5.74) is 3.21. The van der Waals surface area contributed by atoms with Crippen molar-refractivity contribution in [1.82, 2.24) is 10.2 Å². The molecule has 1 saturated carbocycles. The van der Waals surface area contributed by atoms with Gasteiger partial charge in [-0.3, -0.25) is 13.9 Å². The minimum atomic E-state index is -3.74. The van der Waals surface area contributed by atoms with Gasteiger partial charge in [0.1, 0.15) is 12.6 Å². The van der Waals surface area contributed by atoms with E-state index in [0.717, 1.165) is 48.6 Å². The molecule has 0 saturated heterocycles. The molecular formula is C29H41N3O4S. The van der Waals surface area contributed by atoms with Crippen molar-refractivity contribution in [2.24, 2.45) is 0 Å². The van der Waals surface area contributed by atoms with Crippen LogP contribution in [-0.2, 0) is 26.0 Å². The third-order valence-corrected chi connectivity index (χ3v) is 8.26. The molecule has 2 aromatic carbocycles. The van der Waals surface area contributed by atoms with Crippen LogP contribution in [0.15, 0.2) is 48.5 Å². The van der Waals surface area contributed by atoms with Gasteiger partial charge in [-0.05, 0) is 62.3 Å². The van der Waals surface area contributed by atoms with E-state index in [2.05, 4.69) is 5.32 Å². The van der Waals surface area contributed by atoms with E-state index in [9.17, 15) is 18.0 Å². The molecule has 202 valence electrons. The molecule has 8 heteroatoms. The lowest BCUT2D eigenvalue weighted by molar-refractivity contribution is -0.140. The molecule has 3 rings (SSSR count). The van der Waals surface area contributed by atoms with E-state index in [1.165, 1.54) is 10.7 Å². The molecule has 1 aliphatic carbocycles. The van der Waals surface area contributed by atoms with Crippen LogP contribution in [0.5, 0.6) is 0 Å². The average molecular weight is 528 g/mol. The summed E-state index contributed by atoms with van der Waals surface area (Å²) in [5.74, 6) is -0.540. The Labute approximate surface area is 222 Å². The largest absolute Gasteiger partial charge is 0.352 e. The second kappa shape index (κ2) is 13.1. The third-order valence-electron chi connectivity index (χ3n) is 7.13. The highest BCUT2D eigenvalue weighted by Crippen LogP contribution is 2.25. The van der Waals surface area contributed by atoms with Gasteiger partial charge >= 0.3 is 0 Å². The van der Waals surface area contributed by atoms with Crippen LogP contribution < -0.4 is 9.62 Å². The summed E-state index contributed by atoms with van der Waals surface area (Å²) >= 11 is 0. The highest BCUT2D eigenvalue weighted by Gasteiger charge is 2.32. The lowest BCUT2D eigenvalue weighted by Gasteiger charge is -2.34. The Hall–Kier alpha value is -2.87. The fourth-order valence-corrected chi connectivity index (χ4v) is 5.92. The van der Waals surface area contributed by atoms with Gasteiger partial charge in [-0.2, -0.15) is 0 Å².